The Labute approximate surface area is 202 Å². The number of carbonyl (C=O) groups is 1. The molecule has 8 nitrogen and oxygen atoms in total. The van der Waals surface area contributed by atoms with Crippen molar-refractivity contribution in [3.8, 4) is 11.5 Å². The van der Waals surface area contributed by atoms with Gasteiger partial charge >= 0.3 is 0 Å². The Kier molecular flexibility index (Phi) is 7.33. The maximum Gasteiger partial charge on any atom is 0.256 e. The molecule has 1 saturated heterocycles. The molecule has 2 aliphatic heterocycles. The molecule has 9 heteroatoms. The van der Waals surface area contributed by atoms with Gasteiger partial charge < -0.3 is 19.3 Å². The number of hydrogen-bond acceptors (Lipinski definition) is 6. The molecular formula is C25H33N3O5S. The molecule has 0 saturated carbocycles. The van der Waals surface area contributed by atoms with Gasteiger partial charge in [0.05, 0.1) is 10.5 Å². The topological polar surface area (TPSA) is 79.4 Å². The second kappa shape index (κ2) is 10.2. The summed E-state index contributed by atoms with van der Waals surface area (Å²) in [5, 5.41) is 0. The van der Waals surface area contributed by atoms with Crippen LogP contribution in [0.3, 0.4) is 0 Å². The highest BCUT2D eigenvalue weighted by Gasteiger charge is 2.28. The highest BCUT2D eigenvalue weighted by molar-refractivity contribution is 7.89. The lowest BCUT2D eigenvalue weighted by Gasteiger charge is -2.27. The number of amides is 1. The van der Waals surface area contributed by atoms with Gasteiger partial charge in [-0.15, -0.1) is 0 Å². The average Bonchev–Trinajstić information content (AvgIpc) is 3.54. The zero-order valence-corrected chi connectivity index (χ0v) is 20.9. The second-order valence-electron chi connectivity index (χ2n) is 8.47. The van der Waals surface area contributed by atoms with E-state index in [0.717, 1.165) is 37.2 Å². The summed E-state index contributed by atoms with van der Waals surface area (Å²) in [5.74, 6) is 1.19. The van der Waals surface area contributed by atoms with Gasteiger partial charge in [-0.05, 0) is 55.7 Å². The van der Waals surface area contributed by atoms with Gasteiger partial charge in [0.15, 0.2) is 11.5 Å². The van der Waals surface area contributed by atoms with Crippen LogP contribution in [0.4, 0.5) is 5.69 Å². The van der Waals surface area contributed by atoms with Crippen molar-refractivity contribution in [2.24, 2.45) is 0 Å². The maximum absolute atomic E-state index is 13.8. The predicted molar refractivity (Wildman–Crippen MR) is 131 cm³/mol. The van der Waals surface area contributed by atoms with E-state index in [4.69, 9.17) is 9.47 Å². The fourth-order valence-electron chi connectivity index (χ4n) is 4.55. The molecule has 0 bridgehead atoms. The van der Waals surface area contributed by atoms with Gasteiger partial charge in [-0.3, -0.25) is 4.79 Å². The molecule has 0 spiro atoms. The zero-order valence-electron chi connectivity index (χ0n) is 20.1. The first-order chi connectivity index (χ1) is 16.4. The van der Waals surface area contributed by atoms with Crippen LogP contribution in [-0.2, 0) is 16.6 Å². The van der Waals surface area contributed by atoms with Crippen molar-refractivity contribution in [1.29, 1.82) is 0 Å². The minimum absolute atomic E-state index is 0.154. The first kappa shape index (κ1) is 24.3. The number of sulfonamides is 1. The summed E-state index contributed by atoms with van der Waals surface area (Å²) in [5.41, 5.74) is 2.15. The van der Waals surface area contributed by atoms with Crippen molar-refractivity contribution in [1.82, 2.24) is 9.21 Å². The lowest BCUT2D eigenvalue weighted by molar-refractivity contribution is 0.0752. The number of benzene rings is 2. The molecule has 2 heterocycles. The van der Waals surface area contributed by atoms with Gasteiger partial charge in [-0.1, -0.05) is 19.9 Å². The smallest absolute Gasteiger partial charge is 0.256 e. The van der Waals surface area contributed by atoms with Crippen molar-refractivity contribution in [2.75, 3.05) is 44.4 Å². The first-order valence-corrected chi connectivity index (χ1v) is 13.4. The number of nitrogens with zero attached hydrogens (tertiary/aromatic N) is 3. The zero-order chi connectivity index (χ0) is 24.3. The normalized spacial score (nSPS) is 15.2. The summed E-state index contributed by atoms with van der Waals surface area (Å²) in [4.78, 5) is 17.9. The molecule has 0 aromatic heterocycles. The molecule has 1 amide bonds. The standard InChI is InChI=1S/C25H33N3O5S/c1-4-26(17-19-9-12-23-24(15-19)33-18-32-23)25(29)21-16-20(34(30,31)28(5-2)6-3)10-11-22(21)27-13-7-8-14-27/h9-12,15-16H,4-8,13-14,17-18H2,1-3H3. The molecule has 0 atom stereocenters. The van der Waals surface area contributed by atoms with Gasteiger partial charge in [0.2, 0.25) is 16.8 Å². The molecule has 0 aliphatic carbocycles. The van der Waals surface area contributed by atoms with Crippen LogP contribution in [0.5, 0.6) is 11.5 Å². The number of ether oxygens (including phenoxy) is 2. The third-order valence-corrected chi connectivity index (χ3v) is 8.51. The van der Waals surface area contributed by atoms with Crippen LogP contribution in [-0.4, -0.2) is 63.0 Å². The SMILES string of the molecule is CCN(Cc1ccc2c(c1)OCO2)C(=O)c1cc(S(=O)(=O)N(CC)CC)ccc1N1CCCC1. The predicted octanol–water partition coefficient (Wildman–Crippen LogP) is 3.71. The van der Waals surface area contributed by atoms with Crippen molar-refractivity contribution in [2.45, 2.75) is 45.1 Å². The fourth-order valence-corrected chi connectivity index (χ4v) is 6.04. The van der Waals surface area contributed by atoms with Crippen LogP contribution in [0, 0.1) is 0 Å². The molecule has 1 fully saturated rings. The Morgan fingerprint density at radius 1 is 0.941 bits per heavy atom. The number of hydrogen-bond donors (Lipinski definition) is 0. The average molecular weight is 488 g/mol. The van der Waals surface area contributed by atoms with E-state index in [1.807, 2.05) is 39.0 Å². The molecule has 184 valence electrons. The summed E-state index contributed by atoms with van der Waals surface area (Å²) in [6.07, 6.45) is 2.11. The van der Waals surface area contributed by atoms with E-state index in [1.165, 1.54) is 4.31 Å². The van der Waals surface area contributed by atoms with Crippen LogP contribution in [0.2, 0.25) is 0 Å². The maximum atomic E-state index is 13.8. The summed E-state index contributed by atoms with van der Waals surface area (Å²) in [6.45, 7) is 9.10. The lowest BCUT2D eigenvalue weighted by atomic mass is 10.1. The highest BCUT2D eigenvalue weighted by Crippen LogP contribution is 2.34. The van der Waals surface area contributed by atoms with E-state index < -0.39 is 10.0 Å². The second-order valence-corrected chi connectivity index (χ2v) is 10.4. The molecule has 0 N–H and O–H groups in total. The Balaban J connectivity index is 1.69. The summed E-state index contributed by atoms with van der Waals surface area (Å²) >= 11 is 0. The molecule has 0 radical (unpaired) electrons. The minimum Gasteiger partial charge on any atom is -0.454 e. The van der Waals surface area contributed by atoms with E-state index in [9.17, 15) is 13.2 Å². The van der Waals surface area contributed by atoms with Gasteiger partial charge in [-0.2, -0.15) is 4.31 Å². The van der Waals surface area contributed by atoms with Crippen LogP contribution < -0.4 is 14.4 Å². The Morgan fingerprint density at radius 3 is 2.32 bits per heavy atom. The van der Waals surface area contributed by atoms with Crippen LogP contribution in [0.1, 0.15) is 49.5 Å². The third-order valence-electron chi connectivity index (χ3n) is 6.47. The van der Waals surface area contributed by atoms with Gasteiger partial charge in [0.25, 0.3) is 5.91 Å². The molecule has 2 aromatic carbocycles. The molecule has 2 aliphatic rings. The van der Waals surface area contributed by atoms with E-state index in [2.05, 4.69) is 4.90 Å². The summed E-state index contributed by atoms with van der Waals surface area (Å²) in [6, 6.07) is 10.7. The highest BCUT2D eigenvalue weighted by atomic mass is 32.2. The fraction of sp³-hybridized carbons (Fsp3) is 0.480. The van der Waals surface area contributed by atoms with Crippen LogP contribution in [0.15, 0.2) is 41.3 Å². The van der Waals surface area contributed by atoms with Crippen molar-refractivity contribution < 1.29 is 22.7 Å². The number of rotatable bonds is 9. The quantitative estimate of drug-likeness (QED) is 0.537. The molecule has 2 aromatic rings. The Morgan fingerprint density at radius 2 is 1.65 bits per heavy atom. The van der Waals surface area contributed by atoms with E-state index in [1.54, 1.807) is 23.1 Å². The van der Waals surface area contributed by atoms with Crippen molar-refractivity contribution in [3.63, 3.8) is 0 Å². The van der Waals surface area contributed by atoms with Gasteiger partial charge in [0.1, 0.15) is 0 Å². The minimum atomic E-state index is -3.68. The molecular weight excluding hydrogens is 454 g/mol. The summed E-state index contributed by atoms with van der Waals surface area (Å²) in [7, 11) is -3.68. The molecule has 0 unspecified atom stereocenters. The van der Waals surface area contributed by atoms with Gasteiger partial charge in [-0.25, -0.2) is 8.42 Å². The Hall–Kier alpha value is -2.78. The Bertz CT molecular complexity index is 1140. The number of carbonyl (C=O) groups excluding carboxylic acids is 1. The third kappa shape index (κ3) is 4.72. The molecule has 4 rings (SSSR count). The van der Waals surface area contributed by atoms with E-state index >= 15 is 0 Å². The largest absolute Gasteiger partial charge is 0.454 e. The van der Waals surface area contributed by atoms with E-state index in [0.29, 0.717) is 43.2 Å². The van der Waals surface area contributed by atoms with Crippen LogP contribution in [0.25, 0.3) is 0 Å². The molecule has 34 heavy (non-hydrogen) atoms. The van der Waals surface area contributed by atoms with E-state index in [-0.39, 0.29) is 17.6 Å². The van der Waals surface area contributed by atoms with Crippen LogP contribution >= 0.6 is 0 Å². The number of fused-ring (bicyclic) bond motifs is 1. The number of anilines is 1. The monoisotopic (exact) mass is 487 g/mol. The summed E-state index contributed by atoms with van der Waals surface area (Å²) < 4.78 is 38.7. The lowest BCUT2D eigenvalue weighted by Crippen LogP contribution is -2.33. The van der Waals surface area contributed by atoms with Crippen molar-refractivity contribution >= 4 is 21.6 Å². The van der Waals surface area contributed by atoms with Gasteiger partial charge in [0, 0.05) is 45.0 Å². The first-order valence-electron chi connectivity index (χ1n) is 12.0. The van der Waals surface area contributed by atoms with Crippen molar-refractivity contribution in [3.05, 3.63) is 47.5 Å².